The lowest BCUT2D eigenvalue weighted by Gasteiger charge is -2.43. The van der Waals surface area contributed by atoms with E-state index in [9.17, 15) is 14.7 Å². The van der Waals surface area contributed by atoms with E-state index >= 15 is 0 Å². The Labute approximate surface area is 119 Å². The second-order valence-corrected chi connectivity index (χ2v) is 5.96. The molecule has 0 spiro atoms. The van der Waals surface area contributed by atoms with E-state index < -0.39 is 6.03 Å². The van der Waals surface area contributed by atoms with Crippen LogP contribution in [0.15, 0.2) is 0 Å². The van der Waals surface area contributed by atoms with Gasteiger partial charge in [-0.2, -0.15) is 0 Å². The van der Waals surface area contributed by atoms with Crippen molar-refractivity contribution in [1.29, 1.82) is 0 Å². The van der Waals surface area contributed by atoms with Crippen LogP contribution in [0.4, 0.5) is 4.79 Å². The number of likely N-dealkylation sites (tertiary alicyclic amines) is 1. The number of urea groups is 1. The van der Waals surface area contributed by atoms with Crippen molar-refractivity contribution in [3.63, 3.8) is 0 Å². The second-order valence-electron chi connectivity index (χ2n) is 5.96. The Morgan fingerprint density at radius 2 is 1.85 bits per heavy atom. The van der Waals surface area contributed by atoms with Gasteiger partial charge in [0.15, 0.2) is 0 Å². The van der Waals surface area contributed by atoms with Crippen LogP contribution >= 0.6 is 0 Å². The number of rotatable bonds is 3. The van der Waals surface area contributed by atoms with Crippen molar-refractivity contribution >= 4 is 11.9 Å². The summed E-state index contributed by atoms with van der Waals surface area (Å²) in [6.07, 6.45) is 7.10. The molecule has 0 bridgehead atoms. The number of amides is 3. The van der Waals surface area contributed by atoms with Gasteiger partial charge in [-0.1, -0.05) is 19.3 Å². The molecule has 0 aromatic heterocycles. The maximum absolute atomic E-state index is 11.7. The van der Waals surface area contributed by atoms with Crippen molar-refractivity contribution in [2.75, 3.05) is 13.1 Å². The summed E-state index contributed by atoms with van der Waals surface area (Å²) in [6, 6.07) is -0.557. The number of carbonyl (C=O) groups excluding carboxylic acids is 2. The lowest BCUT2D eigenvalue weighted by molar-refractivity contribution is -0.123. The third-order valence-corrected chi connectivity index (χ3v) is 4.55. The predicted molar refractivity (Wildman–Crippen MR) is 74.9 cm³/mol. The number of aliphatic hydroxyl groups excluding tert-OH is 1. The minimum atomic E-state index is -0.804. The average Bonchev–Trinajstić information content (AvgIpc) is 2.39. The average molecular weight is 283 g/mol. The molecule has 6 nitrogen and oxygen atoms in total. The molecule has 2 fully saturated rings. The fourth-order valence-electron chi connectivity index (χ4n) is 3.65. The Morgan fingerprint density at radius 1 is 1.15 bits per heavy atom. The zero-order chi connectivity index (χ0) is 14.5. The Morgan fingerprint density at radius 3 is 2.55 bits per heavy atom. The number of nitrogens with two attached hydrogens (primary N) is 1. The molecule has 1 saturated heterocycles. The molecule has 20 heavy (non-hydrogen) atoms. The van der Waals surface area contributed by atoms with E-state index in [1.54, 1.807) is 0 Å². The van der Waals surface area contributed by atoms with Crippen LogP contribution in [-0.4, -0.2) is 47.2 Å². The first-order valence-electron chi connectivity index (χ1n) is 7.59. The maximum atomic E-state index is 11.7. The van der Waals surface area contributed by atoms with Crippen molar-refractivity contribution in [3.05, 3.63) is 0 Å². The zero-order valence-electron chi connectivity index (χ0n) is 11.9. The Balaban J connectivity index is 1.97. The molecule has 6 heteroatoms. The van der Waals surface area contributed by atoms with Gasteiger partial charge in [-0.05, 0) is 32.2 Å². The topological polar surface area (TPSA) is 95.7 Å². The maximum Gasteiger partial charge on any atom is 0.318 e. The van der Waals surface area contributed by atoms with Crippen LogP contribution in [0.1, 0.15) is 44.9 Å². The SMILES string of the molecule is NC(=O)NC(=O)CN1CCCCC1C1CCCCC1O. The van der Waals surface area contributed by atoms with Gasteiger partial charge in [-0.3, -0.25) is 15.0 Å². The van der Waals surface area contributed by atoms with Crippen molar-refractivity contribution < 1.29 is 14.7 Å². The number of nitrogens with one attached hydrogen (secondary N) is 1. The molecule has 3 unspecified atom stereocenters. The summed E-state index contributed by atoms with van der Waals surface area (Å²) >= 11 is 0. The molecule has 1 saturated carbocycles. The Bertz CT molecular complexity index is 362. The molecular weight excluding hydrogens is 258 g/mol. The van der Waals surface area contributed by atoms with Gasteiger partial charge >= 0.3 is 6.03 Å². The van der Waals surface area contributed by atoms with Crippen LogP contribution in [-0.2, 0) is 4.79 Å². The zero-order valence-corrected chi connectivity index (χ0v) is 11.9. The summed E-state index contributed by atoms with van der Waals surface area (Å²) in [7, 11) is 0. The monoisotopic (exact) mass is 283 g/mol. The van der Waals surface area contributed by atoms with E-state index in [0.717, 1.165) is 51.5 Å². The van der Waals surface area contributed by atoms with E-state index in [2.05, 4.69) is 10.2 Å². The van der Waals surface area contributed by atoms with E-state index in [1.807, 2.05) is 0 Å². The summed E-state index contributed by atoms with van der Waals surface area (Å²) in [4.78, 5) is 24.5. The Kier molecular flexibility index (Phi) is 5.37. The van der Waals surface area contributed by atoms with Crippen LogP contribution < -0.4 is 11.1 Å². The summed E-state index contributed by atoms with van der Waals surface area (Å²) in [5.74, 6) is -0.0971. The van der Waals surface area contributed by atoms with Crippen molar-refractivity contribution in [2.24, 2.45) is 11.7 Å². The normalized spacial score (nSPS) is 31.8. The molecule has 1 aliphatic heterocycles. The van der Waals surface area contributed by atoms with Gasteiger partial charge in [0, 0.05) is 12.0 Å². The van der Waals surface area contributed by atoms with E-state index in [-0.39, 0.29) is 30.5 Å². The number of nitrogens with zero attached hydrogens (tertiary/aromatic N) is 1. The van der Waals surface area contributed by atoms with Crippen LogP contribution in [0.3, 0.4) is 0 Å². The van der Waals surface area contributed by atoms with Gasteiger partial charge in [0.05, 0.1) is 12.6 Å². The number of aliphatic hydroxyl groups is 1. The third kappa shape index (κ3) is 3.93. The van der Waals surface area contributed by atoms with Gasteiger partial charge in [0.2, 0.25) is 5.91 Å². The molecule has 2 rings (SSSR count). The van der Waals surface area contributed by atoms with Crippen molar-refractivity contribution in [1.82, 2.24) is 10.2 Å². The van der Waals surface area contributed by atoms with Gasteiger partial charge in [0.25, 0.3) is 0 Å². The molecule has 3 amide bonds. The quantitative estimate of drug-likeness (QED) is 0.706. The molecule has 1 heterocycles. The molecule has 0 aromatic carbocycles. The minimum absolute atomic E-state index is 0.191. The minimum Gasteiger partial charge on any atom is -0.393 e. The molecule has 1 aliphatic carbocycles. The smallest absolute Gasteiger partial charge is 0.318 e. The highest BCUT2D eigenvalue weighted by Crippen LogP contribution is 2.33. The van der Waals surface area contributed by atoms with Crippen LogP contribution in [0.25, 0.3) is 0 Å². The van der Waals surface area contributed by atoms with Crippen molar-refractivity contribution in [2.45, 2.75) is 57.1 Å². The summed E-state index contributed by atoms with van der Waals surface area (Å²) in [5, 5.41) is 12.3. The van der Waals surface area contributed by atoms with Crippen LogP contribution in [0.2, 0.25) is 0 Å². The molecule has 0 radical (unpaired) electrons. The number of carbonyl (C=O) groups is 2. The fraction of sp³-hybridized carbons (Fsp3) is 0.857. The molecule has 3 atom stereocenters. The highest BCUT2D eigenvalue weighted by molar-refractivity contribution is 5.94. The molecule has 2 aliphatic rings. The number of piperidine rings is 1. The molecule has 4 N–H and O–H groups in total. The summed E-state index contributed by atoms with van der Waals surface area (Å²) in [6.45, 7) is 1.04. The van der Waals surface area contributed by atoms with Gasteiger partial charge < -0.3 is 10.8 Å². The summed E-state index contributed by atoms with van der Waals surface area (Å²) < 4.78 is 0. The predicted octanol–water partition coefficient (Wildman–Crippen LogP) is 0.587. The Hall–Kier alpha value is -1.14. The highest BCUT2D eigenvalue weighted by atomic mass is 16.3. The number of hydrogen-bond acceptors (Lipinski definition) is 4. The van der Waals surface area contributed by atoms with Gasteiger partial charge in [-0.25, -0.2) is 4.79 Å². The number of primary amides is 1. The molecule has 114 valence electrons. The number of hydrogen-bond donors (Lipinski definition) is 3. The van der Waals surface area contributed by atoms with E-state index in [0.29, 0.717) is 0 Å². The van der Waals surface area contributed by atoms with Crippen LogP contribution in [0, 0.1) is 5.92 Å². The standard InChI is InChI=1S/C14H25N3O3/c15-14(20)16-13(19)9-17-8-4-3-6-11(17)10-5-1-2-7-12(10)18/h10-12,18H,1-9H2,(H3,15,16,19,20). The largest absolute Gasteiger partial charge is 0.393 e. The molecule has 0 aromatic rings. The second kappa shape index (κ2) is 7.04. The van der Waals surface area contributed by atoms with E-state index in [4.69, 9.17) is 5.73 Å². The lowest BCUT2D eigenvalue weighted by Crippen LogP contribution is -2.52. The summed E-state index contributed by atoms with van der Waals surface area (Å²) in [5.41, 5.74) is 4.97. The molecular formula is C14H25N3O3. The van der Waals surface area contributed by atoms with E-state index in [1.165, 1.54) is 0 Å². The van der Waals surface area contributed by atoms with Gasteiger partial charge in [0.1, 0.15) is 0 Å². The van der Waals surface area contributed by atoms with Crippen LogP contribution in [0.5, 0.6) is 0 Å². The lowest BCUT2D eigenvalue weighted by atomic mass is 9.78. The number of imide groups is 1. The first-order chi connectivity index (χ1) is 9.58. The highest BCUT2D eigenvalue weighted by Gasteiger charge is 2.36. The third-order valence-electron chi connectivity index (χ3n) is 4.55. The fourth-order valence-corrected chi connectivity index (χ4v) is 3.65. The first kappa shape index (κ1) is 15.3. The van der Waals surface area contributed by atoms with Crippen molar-refractivity contribution in [3.8, 4) is 0 Å². The first-order valence-corrected chi connectivity index (χ1v) is 7.59. The van der Waals surface area contributed by atoms with Gasteiger partial charge in [-0.15, -0.1) is 0 Å².